The summed E-state index contributed by atoms with van der Waals surface area (Å²) >= 11 is 6.73. The van der Waals surface area contributed by atoms with Crippen LogP contribution in [0.4, 0.5) is 15.3 Å². The summed E-state index contributed by atoms with van der Waals surface area (Å²) in [4.78, 5) is 62.5. The van der Waals surface area contributed by atoms with Crippen molar-refractivity contribution in [2.24, 2.45) is 0 Å². The number of fused-ring (bicyclic) bond motifs is 3. The zero-order chi connectivity index (χ0) is 42.1. The topological polar surface area (TPSA) is 162 Å². The van der Waals surface area contributed by atoms with Crippen molar-refractivity contribution >= 4 is 61.5 Å². The molecule has 2 atom stereocenters. The van der Waals surface area contributed by atoms with E-state index in [2.05, 4.69) is 69.8 Å². The number of aromatic hydroxyl groups is 1. The first-order valence-corrected chi connectivity index (χ1v) is 21.4. The third kappa shape index (κ3) is 11.5. The van der Waals surface area contributed by atoms with Gasteiger partial charge in [0.05, 0.1) is 8.95 Å². The summed E-state index contributed by atoms with van der Waals surface area (Å²) in [7, 11) is 0. The second-order valence-corrected chi connectivity index (χ2v) is 17.3. The fraction of sp³-hybridized carbons (Fsp3) is 0.386. The number of rotatable bonds is 14. The lowest BCUT2D eigenvalue weighted by atomic mass is 9.98. The molecule has 0 radical (unpaired) electrons. The quantitative estimate of drug-likeness (QED) is 0.0952. The van der Waals surface area contributed by atoms with E-state index >= 15 is 0 Å². The molecule has 0 saturated carbocycles. The van der Waals surface area contributed by atoms with E-state index in [-0.39, 0.29) is 30.6 Å². The highest BCUT2D eigenvalue weighted by Gasteiger charge is 2.33. The Morgan fingerprint density at radius 2 is 1.44 bits per heavy atom. The molecule has 1 fully saturated rings. The molecule has 2 heterocycles. The van der Waals surface area contributed by atoms with E-state index in [1.165, 1.54) is 0 Å². The van der Waals surface area contributed by atoms with Crippen LogP contribution in [0.3, 0.4) is 0 Å². The Balaban J connectivity index is 1.16. The van der Waals surface area contributed by atoms with E-state index in [0.717, 1.165) is 27.9 Å². The van der Waals surface area contributed by atoms with Crippen molar-refractivity contribution in [3.8, 4) is 16.9 Å². The van der Waals surface area contributed by atoms with E-state index in [0.29, 0.717) is 66.5 Å². The highest BCUT2D eigenvalue weighted by atomic mass is 79.9. The molecule has 6 rings (SSSR count). The van der Waals surface area contributed by atoms with Gasteiger partial charge in [0.25, 0.3) is 0 Å². The van der Waals surface area contributed by atoms with Crippen molar-refractivity contribution < 1.29 is 33.8 Å². The lowest BCUT2D eigenvalue weighted by Crippen LogP contribution is -2.58. The van der Waals surface area contributed by atoms with Crippen molar-refractivity contribution in [2.75, 3.05) is 44.2 Å². The Labute approximate surface area is 361 Å². The maximum Gasteiger partial charge on any atom is 0.407 e. The SMILES string of the molecule is CC(C)(C)OC(=O)NCCCC[C@H](NC(=O)[C@H](Cc1cc(Br)c(O)c(Br)c1)NC(=O)OCC1c2ccccc2-c2ccccc21)C(=O)N1CCN(c2ccncc2)CC1. The number of nitrogens with zero attached hydrogens (tertiary/aromatic N) is 3. The van der Waals surface area contributed by atoms with E-state index in [4.69, 9.17) is 9.47 Å². The van der Waals surface area contributed by atoms with Gasteiger partial charge in [0.15, 0.2) is 0 Å². The van der Waals surface area contributed by atoms with Gasteiger partial charge in [-0.3, -0.25) is 14.6 Å². The first-order valence-electron chi connectivity index (χ1n) is 19.8. The number of unbranched alkanes of at least 4 members (excludes halogenated alkanes) is 1. The van der Waals surface area contributed by atoms with Gasteiger partial charge >= 0.3 is 12.2 Å². The first-order chi connectivity index (χ1) is 28.3. The van der Waals surface area contributed by atoms with E-state index < -0.39 is 35.8 Å². The number of ether oxygens (including phenoxy) is 2. The monoisotopic (exact) mass is 932 g/mol. The summed E-state index contributed by atoms with van der Waals surface area (Å²) in [5.41, 5.74) is 5.30. The van der Waals surface area contributed by atoms with E-state index in [9.17, 15) is 24.3 Å². The third-order valence-electron chi connectivity index (χ3n) is 10.3. The van der Waals surface area contributed by atoms with E-state index in [1.807, 2.05) is 48.5 Å². The predicted octanol–water partition coefficient (Wildman–Crippen LogP) is 7.29. The van der Waals surface area contributed by atoms with E-state index in [1.54, 1.807) is 50.2 Å². The second-order valence-electron chi connectivity index (χ2n) is 15.6. The molecule has 0 bridgehead atoms. The van der Waals surface area contributed by atoms with Crippen molar-refractivity contribution in [3.63, 3.8) is 0 Å². The Morgan fingerprint density at radius 1 is 0.831 bits per heavy atom. The Kier molecular flexibility index (Phi) is 14.5. The molecule has 59 heavy (non-hydrogen) atoms. The zero-order valence-electron chi connectivity index (χ0n) is 33.4. The van der Waals surface area contributed by atoms with Crippen LogP contribution in [-0.2, 0) is 25.5 Å². The standard InChI is InChI=1S/C44H50Br2N6O7/c1-44(2,3)59-42(56)48-17-9-8-14-37(41(55)52-22-20-51(21-23-52)29-15-18-47-19-16-29)49-40(54)38(26-28-24-35(45)39(53)36(46)25-28)50-43(57)58-27-34-32-12-6-4-10-30(32)31-11-5-7-13-33(31)34/h4-7,10-13,15-16,18-19,24-25,34,37-38,53H,8-9,14,17,20-23,26-27H2,1-3H3,(H,48,56)(H,49,54)(H,50,57)/t37-,38-/m0/s1. The van der Waals surface area contributed by atoms with Crippen LogP contribution < -0.4 is 20.9 Å². The Bertz CT molecular complexity index is 2060. The summed E-state index contributed by atoms with van der Waals surface area (Å²) < 4.78 is 12.0. The summed E-state index contributed by atoms with van der Waals surface area (Å²) in [6, 6.07) is 21.2. The highest BCUT2D eigenvalue weighted by Crippen LogP contribution is 2.44. The minimum atomic E-state index is -1.15. The van der Waals surface area contributed by atoms with Crippen molar-refractivity contribution in [1.29, 1.82) is 0 Å². The molecule has 1 aliphatic heterocycles. The molecule has 0 spiro atoms. The van der Waals surface area contributed by atoms with Gasteiger partial charge in [-0.1, -0.05) is 48.5 Å². The number of benzene rings is 3. The normalized spacial score (nSPS) is 14.7. The van der Waals surface area contributed by atoms with Crippen LogP contribution >= 0.6 is 31.9 Å². The van der Waals surface area contributed by atoms with Crippen molar-refractivity contribution in [2.45, 2.75) is 70.1 Å². The number of carbonyl (C=O) groups is 4. The van der Waals surface area contributed by atoms with Gasteiger partial charge in [0.1, 0.15) is 30.0 Å². The number of alkyl carbamates (subject to hydrolysis) is 2. The van der Waals surface area contributed by atoms with Crippen LogP contribution in [0.5, 0.6) is 5.75 Å². The highest BCUT2D eigenvalue weighted by molar-refractivity contribution is 9.11. The molecule has 2 aliphatic rings. The van der Waals surface area contributed by atoms with Crippen LogP contribution in [0.1, 0.15) is 62.6 Å². The average molecular weight is 935 g/mol. The maximum absolute atomic E-state index is 14.3. The number of amides is 4. The fourth-order valence-corrected chi connectivity index (χ4v) is 8.71. The first kappa shape index (κ1) is 43.4. The number of aromatic nitrogens is 1. The number of phenols is 1. The molecule has 3 aromatic carbocycles. The summed E-state index contributed by atoms with van der Waals surface area (Å²) in [5.74, 6) is -0.993. The molecule has 1 saturated heterocycles. The van der Waals surface area contributed by atoms with Gasteiger partial charge in [-0.2, -0.15) is 0 Å². The van der Waals surface area contributed by atoms with Gasteiger partial charge in [-0.15, -0.1) is 0 Å². The number of halogens is 2. The minimum absolute atomic E-state index is 0.00454. The summed E-state index contributed by atoms with van der Waals surface area (Å²) in [6.45, 7) is 7.85. The number of hydrogen-bond acceptors (Lipinski definition) is 9. The lowest BCUT2D eigenvalue weighted by molar-refractivity contribution is -0.137. The van der Waals surface area contributed by atoms with Gasteiger partial charge in [-0.05, 0) is 124 Å². The Morgan fingerprint density at radius 3 is 2.05 bits per heavy atom. The largest absolute Gasteiger partial charge is 0.506 e. The molecule has 4 amide bonds. The van der Waals surface area contributed by atoms with Crippen LogP contribution in [0.2, 0.25) is 0 Å². The second kappa shape index (κ2) is 19.7. The zero-order valence-corrected chi connectivity index (χ0v) is 36.6. The molecule has 13 nitrogen and oxygen atoms in total. The number of carbonyl (C=O) groups excluding carboxylic acids is 4. The summed E-state index contributed by atoms with van der Waals surface area (Å²) in [6.07, 6.45) is 3.51. The number of nitrogens with one attached hydrogen (secondary N) is 3. The Hall–Kier alpha value is -5.15. The van der Waals surface area contributed by atoms with Crippen LogP contribution in [-0.4, -0.2) is 96.0 Å². The predicted molar refractivity (Wildman–Crippen MR) is 232 cm³/mol. The van der Waals surface area contributed by atoms with Gasteiger partial charge in [0, 0.05) is 63.1 Å². The van der Waals surface area contributed by atoms with Gasteiger partial charge in [0.2, 0.25) is 11.8 Å². The molecule has 0 unspecified atom stereocenters. The number of hydrogen-bond donors (Lipinski definition) is 4. The van der Waals surface area contributed by atoms with Gasteiger partial charge < -0.3 is 40.3 Å². The molecule has 312 valence electrons. The minimum Gasteiger partial charge on any atom is -0.506 e. The number of anilines is 1. The molecular weight excluding hydrogens is 884 g/mol. The average Bonchev–Trinajstić information content (AvgIpc) is 3.54. The molecule has 4 aromatic rings. The molecule has 15 heteroatoms. The number of pyridine rings is 1. The van der Waals surface area contributed by atoms with Crippen LogP contribution in [0.15, 0.2) is 94.1 Å². The summed E-state index contributed by atoms with van der Waals surface area (Å²) in [5, 5.41) is 18.9. The van der Waals surface area contributed by atoms with Gasteiger partial charge in [-0.25, -0.2) is 9.59 Å². The molecular formula is C44H50Br2N6O7. The van der Waals surface area contributed by atoms with Crippen molar-refractivity contribution in [3.05, 3.63) is 111 Å². The third-order valence-corrected chi connectivity index (χ3v) is 11.5. The smallest absolute Gasteiger partial charge is 0.407 e. The van der Waals surface area contributed by atoms with Crippen LogP contribution in [0.25, 0.3) is 11.1 Å². The maximum atomic E-state index is 14.3. The van der Waals surface area contributed by atoms with Crippen molar-refractivity contribution in [1.82, 2.24) is 25.8 Å². The number of phenolic OH excluding ortho intramolecular Hbond substituents is 1. The molecule has 1 aliphatic carbocycles. The lowest BCUT2D eigenvalue weighted by Gasteiger charge is -2.37. The number of piperazine rings is 1. The molecule has 4 N–H and O–H groups in total. The fourth-order valence-electron chi connectivity index (χ4n) is 7.43. The molecule has 1 aromatic heterocycles. The van der Waals surface area contributed by atoms with Crippen LogP contribution in [0, 0.1) is 0 Å².